The van der Waals surface area contributed by atoms with E-state index in [1.807, 2.05) is 6.08 Å². The van der Waals surface area contributed by atoms with Gasteiger partial charge in [0.05, 0.1) is 25.4 Å². The van der Waals surface area contributed by atoms with Gasteiger partial charge in [0.25, 0.3) is 0 Å². The summed E-state index contributed by atoms with van der Waals surface area (Å²) in [6, 6.07) is -0.630. The second kappa shape index (κ2) is 78.5. The van der Waals surface area contributed by atoms with E-state index >= 15 is 0 Å². The van der Waals surface area contributed by atoms with Gasteiger partial charge in [-0.15, -0.1) is 0 Å². The van der Waals surface area contributed by atoms with Crippen LogP contribution in [0.25, 0.3) is 0 Å². The van der Waals surface area contributed by atoms with Gasteiger partial charge >= 0.3 is 5.97 Å². The lowest BCUT2D eigenvalue weighted by Gasteiger charge is -2.20. The summed E-state index contributed by atoms with van der Waals surface area (Å²) >= 11 is 0. The number of rotatable bonds is 77. The molecule has 2 unspecified atom stereocenters. The van der Waals surface area contributed by atoms with Crippen molar-refractivity contribution in [1.29, 1.82) is 0 Å². The highest BCUT2D eigenvalue weighted by atomic mass is 16.5. The smallest absolute Gasteiger partial charge is 0.305 e. The third-order valence-electron chi connectivity index (χ3n) is 19.1. The molecule has 0 aromatic heterocycles. The van der Waals surface area contributed by atoms with E-state index in [2.05, 4.69) is 43.5 Å². The van der Waals surface area contributed by atoms with Crippen molar-refractivity contribution in [2.45, 2.75) is 469 Å². The Hall–Kier alpha value is -1.92. The molecule has 6 heteroatoms. The first-order valence-electron chi connectivity index (χ1n) is 40.8. The maximum Gasteiger partial charge on any atom is 0.305 e. The summed E-state index contributed by atoms with van der Waals surface area (Å²) in [5.41, 5.74) is 0. The van der Waals surface area contributed by atoms with Crippen LogP contribution in [0.4, 0.5) is 0 Å². The van der Waals surface area contributed by atoms with Gasteiger partial charge < -0.3 is 20.3 Å². The van der Waals surface area contributed by atoms with Crippen LogP contribution in [0.3, 0.4) is 0 Å². The quantitative estimate of drug-likeness (QED) is 0.0320. The molecule has 0 radical (unpaired) electrons. The summed E-state index contributed by atoms with van der Waals surface area (Å²) in [6.45, 7) is 4.95. The fourth-order valence-corrected chi connectivity index (χ4v) is 12.9. The van der Waals surface area contributed by atoms with Gasteiger partial charge in [0, 0.05) is 12.8 Å². The molecule has 89 heavy (non-hydrogen) atoms. The summed E-state index contributed by atoms with van der Waals surface area (Å²) in [7, 11) is 0. The van der Waals surface area contributed by atoms with Gasteiger partial charge in [-0.1, -0.05) is 397 Å². The lowest BCUT2D eigenvalue weighted by atomic mass is 10.0. The molecular weight excluding hydrogens is 1090 g/mol. The minimum Gasteiger partial charge on any atom is -0.466 e. The first-order chi connectivity index (χ1) is 44.0. The molecule has 2 atom stereocenters. The molecule has 1 amide bonds. The fourth-order valence-electron chi connectivity index (χ4n) is 12.9. The predicted octanol–water partition coefficient (Wildman–Crippen LogP) is 27.0. The Balaban J connectivity index is 3.39. The van der Waals surface area contributed by atoms with E-state index < -0.39 is 12.1 Å². The monoisotopic (exact) mass is 1250 g/mol. The Kier molecular flexibility index (Phi) is 76.8. The van der Waals surface area contributed by atoms with E-state index in [0.29, 0.717) is 19.4 Å². The number of carbonyl (C=O) groups excluding carboxylic acids is 2. The van der Waals surface area contributed by atoms with Crippen molar-refractivity contribution in [2.75, 3.05) is 13.2 Å². The Labute approximate surface area is 557 Å². The van der Waals surface area contributed by atoms with Crippen LogP contribution in [0.15, 0.2) is 36.5 Å². The van der Waals surface area contributed by atoms with Crippen LogP contribution >= 0.6 is 0 Å². The van der Waals surface area contributed by atoms with Crippen molar-refractivity contribution < 1.29 is 24.5 Å². The minimum absolute atomic E-state index is 0.0161. The number of aliphatic hydroxyl groups is 2. The molecule has 0 aromatic rings. The van der Waals surface area contributed by atoms with Crippen molar-refractivity contribution in [3.8, 4) is 0 Å². The van der Waals surface area contributed by atoms with Crippen LogP contribution in [0.1, 0.15) is 457 Å². The lowest BCUT2D eigenvalue weighted by Crippen LogP contribution is -2.45. The number of aliphatic hydroxyl groups excluding tert-OH is 2. The molecule has 3 N–H and O–H groups in total. The van der Waals surface area contributed by atoms with Gasteiger partial charge in [0.2, 0.25) is 5.91 Å². The maximum atomic E-state index is 12.6. The molecule has 0 aliphatic heterocycles. The van der Waals surface area contributed by atoms with Crippen LogP contribution in [-0.2, 0) is 14.3 Å². The Morgan fingerprint density at radius 2 is 0.528 bits per heavy atom. The SMILES string of the molecule is CCCCCCCC/C=C\CCCCCCCCCCCC(=O)OCCCCCCCCCCCCCC/C=C\CCCCCCCCCCCCCCC(=O)NC(CO)C(O)/C=C/CCCCCCCCCCCCCCCCCCCCCCCCC. The standard InChI is InChI=1S/C83H159NO5/c1-3-5-7-9-11-13-15-17-19-21-23-24-25-30-33-36-40-43-47-51-55-59-63-67-71-75-81(86)80(79-85)84-82(87)76-72-68-64-60-56-52-48-44-41-37-34-31-28-26-27-29-32-35-38-42-46-50-54-58-62-66-70-74-78-89-83(88)77-73-69-65-61-57-53-49-45-39-22-20-18-16-14-12-10-8-6-4-2/h18,20,26-27,71,75,80-81,85-86H,3-17,19,21-25,28-70,72-74,76-79H2,1-2H3,(H,84,87)/b20-18-,27-26-,75-71+. The lowest BCUT2D eigenvalue weighted by molar-refractivity contribution is -0.143. The number of ether oxygens (including phenoxy) is 1. The van der Waals surface area contributed by atoms with Crippen molar-refractivity contribution >= 4 is 11.9 Å². The highest BCUT2D eigenvalue weighted by Crippen LogP contribution is 2.20. The number of hydrogen-bond acceptors (Lipinski definition) is 5. The van der Waals surface area contributed by atoms with Crippen LogP contribution in [0, 0.1) is 0 Å². The van der Waals surface area contributed by atoms with Crippen LogP contribution in [0.5, 0.6) is 0 Å². The zero-order valence-electron chi connectivity index (χ0n) is 60.4. The predicted molar refractivity (Wildman–Crippen MR) is 393 cm³/mol. The average molecular weight is 1250 g/mol. The zero-order valence-corrected chi connectivity index (χ0v) is 60.4. The normalized spacial score (nSPS) is 12.6. The zero-order chi connectivity index (χ0) is 64.2. The van der Waals surface area contributed by atoms with Crippen LogP contribution < -0.4 is 5.32 Å². The molecule has 0 aliphatic carbocycles. The topological polar surface area (TPSA) is 95.9 Å². The molecular formula is C83H159NO5. The Bertz CT molecular complexity index is 1440. The van der Waals surface area contributed by atoms with E-state index in [4.69, 9.17) is 4.74 Å². The van der Waals surface area contributed by atoms with E-state index in [-0.39, 0.29) is 18.5 Å². The second-order valence-corrected chi connectivity index (χ2v) is 28.1. The minimum atomic E-state index is -0.847. The van der Waals surface area contributed by atoms with Gasteiger partial charge in [-0.05, 0) is 83.5 Å². The Morgan fingerprint density at radius 3 is 0.798 bits per heavy atom. The third-order valence-corrected chi connectivity index (χ3v) is 19.1. The van der Waals surface area contributed by atoms with E-state index in [1.165, 1.54) is 392 Å². The van der Waals surface area contributed by atoms with Crippen molar-refractivity contribution in [3.05, 3.63) is 36.5 Å². The largest absolute Gasteiger partial charge is 0.466 e. The van der Waals surface area contributed by atoms with Gasteiger partial charge in [0.1, 0.15) is 0 Å². The first kappa shape index (κ1) is 87.1. The number of esters is 1. The first-order valence-corrected chi connectivity index (χ1v) is 40.8. The number of hydrogen-bond donors (Lipinski definition) is 3. The molecule has 0 saturated heterocycles. The van der Waals surface area contributed by atoms with Crippen LogP contribution in [-0.4, -0.2) is 47.4 Å². The van der Waals surface area contributed by atoms with Gasteiger partial charge in [-0.3, -0.25) is 9.59 Å². The highest BCUT2D eigenvalue weighted by Gasteiger charge is 2.18. The highest BCUT2D eigenvalue weighted by molar-refractivity contribution is 5.76. The molecule has 526 valence electrons. The number of allylic oxidation sites excluding steroid dienone is 5. The maximum absolute atomic E-state index is 12.6. The summed E-state index contributed by atoms with van der Waals surface area (Å²) < 4.78 is 5.52. The third kappa shape index (κ3) is 75.0. The molecule has 6 nitrogen and oxygen atoms in total. The van der Waals surface area contributed by atoms with E-state index in [0.717, 1.165) is 38.5 Å². The average Bonchev–Trinajstić information content (AvgIpc) is 3.57. The molecule has 0 aliphatic rings. The van der Waals surface area contributed by atoms with Gasteiger partial charge in [-0.2, -0.15) is 0 Å². The Morgan fingerprint density at radius 1 is 0.303 bits per heavy atom. The van der Waals surface area contributed by atoms with Crippen molar-refractivity contribution in [2.24, 2.45) is 0 Å². The molecule has 0 fully saturated rings. The summed E-state index contributed by atoms with van der Waals surface area (Å²) in [4.78, 5) is 24.7. The van der Waals surface area contributed by atoms with E-state index in [1.54, 1.807) is 6.08 Å². The summed E-state index contributed by atoms with van der Waals surface area (Å²) in [5, 5.41) is 23.3. The number of nitrogens with one attached hydrogen (secondary N) is 1. The molecule has 0 rings (SSSR count). The molecule has 0 heterocycles. The fraction of sp³-hybridized carbons (Fsp3) is 0.904. The number of amides is 1. The number of unbranched alkanes of at least 4 members (excludes halogenated alkanes) is 62. The second-order valence-electron chi connectivity index (χ2n) is 28.1. The molecule has 0 spiro atoms. The summed E-state index contributed by atoms with van der Waals surface area (Å²) in [5.74, 6) is -0.0468. The molecule has 0 saturated carbocycles. The van der Waals surface area contributed by atoms with E-state index in [9.17, 15) is 19.8 Å². The van der Waals surface area contributed by atoms with Crippen LogP contribution in [0.2, 0.25) is 0 Å². The number of carbonyl (C=O) groups is 2. The summed E-state index contributed by atoms with van der Waals surface area (Å²) in [6.07, 6.45) is 103. The van der Waals surface area contributed by atoms with Gasteiger partial charge in [-0.25, -0.2) is 0 Å². The van der Waals surface area contributed by atoms with Crippen molar-refractivity contribution in [3.63, 3.8) is 0 Å². The molecule has 0 aromatic carbocycles. The van der Waals surface area contributed by atoms with Crippen molar-refractivity contribution in [1.82, 2.24) is 5.32 Å². The van der Waals surface area contributed by atoms with Gasteiger partial charge in [0.15, 0.2) is 0 Å². The molecule has 0 bridgehead atoms.